The van der Waals surface area contributed by atoms with Crippen LogP contribution in [0.1, 0.15) is 49.3 Å². The second-order valence-electron chi connectivity index (χ2n) is 8.70. The second-order valence-corrected chi connectivity index (χ2v) is 9.07. The summed E-state index contributed by atoms with van der Waals surface area (Å²) in [5.74, 6) is 0.919. The summed E-state index contributed by atoms with van der Waals surface area (Å²) in [4.78, 5) is 27.8. The molecule has 1 aliphatic rings. The van der Waals surface area contributed by atoms with Crippen molar-refractivity contribution in [2.45, 2.75) is 65.1 Å². The Hall–Kier alpha value is -2.73. The fraction of sp³-hybridized carbons (Fsp3) is 0.462. The molecular weight excluding hydrogens is 440 g/mol. The fourth-order valence-electron chi connectivity index (χ4n) is 4.12. The number of nitrogens with zero attached hydrogens (tertiary/aromatic N) is 1. The summed E-state index contributed by atoms with van der Waals surface area (Å²) >= 11 is 6.24. The van der Waals surface area contributed by atoms with Gasteiger partial charge in [0, 0.05) is 17.6 Å². The first-order valence-electron chi connectivity index (χ1n) is 11.4. The van der Waals surface area contributed by atoms with Crippen LogP contribution in [0.2, 0.25) is 5.02 Å². The lowest BCUT2D eigenvalue weighted by molar-refractivity contribution is -0.142. The average Bonchev–Trinajstić information content (AvgIpc) is 3.32. The van der Waals surface area contributed by atoms with E-state index >= 15 is 0 Å². The maximum Gasteiger partial charge on any atom is 0.261 e. The van der Waals surface area contributed by atoms with Gasteiger partial charge < -0.3 is 19.7 Å². The number of halogens is 1. The fourth-order valence-corrected chi connectivity index (χ4v) is 4.23. The normalized spacial score (nSPS) is 14.6. The number of amides is 2. The lowest BCUT2D eigenvalue weighted by Crippen LogP contribution is -2.50. The van der Waals surface area contributed by atoms with Gasteiger partial charge in [0.2, 0.25) is 5.91 Å². The lowest BCUT2D eigenvalue weighted by atomic mass is 10.1. The molecule has 3 rings (SSSR count). The average molecular weight is 473 g/mol. The highest BCUT2D eigenvalue weighted by atomic mass is 35.5. The monoisotopic (exact) mass is 472 g/mol. The van der Waals surface area contributed by atoms with Crippen molar-refractivity contribution in [3.8, 4) is 11.5 Å². The number of methoxy groups -OCH3 is 1. The van der Waals surface area contributed by atoms with Crippen LogP contribution < -0.4 is 14.8 Å². The summed E-state index contributed by atoms with van der Waals surface area (Å²) in [5.41, 5.74) is 2.68. The summed E-state index contributed by atoms with van der Waals surface area (Å²) in [7, 11) is 1.61. The highest BCUT2D eigenvalue weighted by molar-refractivity contribution is 6.32. The van der Waals surface area contributed by atoms with Crippen molar-refractivity contribution in [2.24, 2.45) is 0 Å². The van der Waals surface area contributed by atoms with Crippen molar-refractivity contribution in [2.75, 3.05) is 13.7 Å². The summed E-state index contributed by atoms with van der Waals surface area (Å²) in [6.45, 7) is 5.69. The smallest absolute Gasteiger partial charge is 0.261 e. The quantitative estimate of drug-likeness (QED) is 0.568. The molecular formula is C26H33ClN2O4. The molecule has 1 fully saturated rings. The largest absolute Gasteiger partial charge is 0.497 e. The van der Waals surface area contributed by atoms with E-state index in [4.69, 9.17) is 21.1 Å². The van der Waals surface area contributed by atoms with E-state index in [2.05, 4.69) is 5.32 Å². The number of hydrogen-bond acceptors (Lipinski definition) is 4. The molecule has 1 aliphatic carbocycles. The summed E-state index contributed by atoms with van der Waals surface area (Å²) in [6, 6.07) is 10.7. The Morgan fingerprint density at radius 1 is 1.09 bits per heavy atom. The zero-order valence-electron chi connectivity index (χ0n) is 19.8. The molecule has 33 heavy (non-hydrogen) atoms. The Morgan fingerprint density at radius 2 is 1.70 bits per heavy atom. The Balaban J connectivity index is 1.73. The molecule has 1 atom stereocenters. The second kappa shape index (κ2) is 11.4. The van der Waals surface area contributed by atoms with Gasteiger partial charge in [-0.15, -0.1) is 0 Å². The van der Waals surface area contributed by atoms with Crippen LogP contribution in [-0.2, 0) is 16.1 Å². The van der Waals surface area contributed by atoms with Crippen molar-refractivity contribution in [1.29, 1.82) is 0 Å². The van der Waals surface area contributed by atoms with Crippen molar-refractivity contribution in [1.82, 2.24) is 10.2 Å². The number of rotatable bonds is 9. The van der Waals surface area contributed by atoms with Crippen LogP contribution in [0.15, 0.2) is 36.4 Å². The zero-order chi connectivity index (χ0) is 24.0. The molecule has 0 aromatic heterocycles. The molecule has 0 aliphatic heterocycles. The molecule has 1 saturated carbocycles. The third-order valence-corrected chi connectivity index (χ3v) is 6.75. The molecule has 2 aromatic rings. The Bertz CT molecular complexity index is 948. The van der Waals surface area contributed by atoms with E-state index in [1.165, 1.54) is 0 Å². The Labute approximate surface area is 201 Å². The van der Waals surface area contributed by atoms with E-state index in [9.17, 15) is 9.59 Å². The molecule has 0 spiro atoms. The third kappa shape index (κ3) is 6.64. The Kier molecular flexibility index (Phi) is 8.61. The van der Waals surface area contributed by atoms with E-state index in [0.717, 1.165) is 48.1 Å². The van der Waals surface area contributed by atoms with Crippen molar-refractivity contribution >= 4 is 23.4 Å². The van der Waals surface area contributed by atoms with Crippen LogP contribution in [0.5, 0.6) is 11.5 Å². The van der Waals surface area contributed by atoms with Gasteiger partial charge in [0.05, 0.1) is 7.11 Å². The van der Waals surface area contributed by atoms with E-state index in [-0.39, 0.29) is 24.5 Å². The van der Waals surface area contributed by atoms with E-state index in [1.54, 1.807) is 18.9 Å². The minimum atomic E-state index is -0.627. The first-order valence-corrected chi connectivity index (χ1v) is 11.8. The first-order chi connectivity index (χ1) is 15.8. The summed E-state index contributed by atoms with van der Waals surface area (Å²) in [6.07, 6.45) is 4.23. The minimum absolute atomic E-state index is 0.137. The van der Waals surface area contributed by atoms with Gasteiger partial charge in [-0.2, -0.15) is 0 Å². The first kappa shape index (κ1) is 24.9. The number of nitrogens with one attached hydrogen (secondary N) is 1. The van der Waals surface area contributed by atoms with Crippen LogP contribution in [0, 0.1) is 13.8 Å². The van der Waals surface area contributed by atoms with Crippen LogP contribution in [-0.4, -0.2) is 42.5 Å². The molecule has 0 unspecified atom stereocenters. The van der Waals surface area contributed by atoms with Crippen molar-refractivity contribution in [3.63, 3.8) is 0 Å². The van der Waals surface area contributed by atoms with Gasteiger partial charge in [-0.05, 0) is 74.6 Å². The molecule has 6 nitrogen and oxygen atoms in total. The van der Waals surface area contributed by atoms with Crippen LogP contribution in [0.4, 0.5) is 0 Å². The zero-order valence-corrected chi connectivity index (χ0v) is 20.6. The minimum Gasteiger partial charge on any atom is -0.497 e. The third-order valence-electron chi connectivity index (χ3n) is 6.15. The standard InChI is InChI=1S/C26H33ClN2O4/c1-17-13-23(14-18(2)25(17)27)33-16-24(30)29(15-20-9-11-22(32-4)12-10-20)19(3)26(31)28-21-7-5-6-8-21/h9-14,19,21H,5-8,15-16H2,1-4H3,(H,28,31)/t19-/m1/s1. The predicted molar refractivity (Wildman–Crippen MR) is 130 cm³/mol. The highest BCUT2D eigenvalue weighted by Gasteiger charge is 2.28. The molecule has 0 saturated heterocycles. The molecule has 178 valence electrons. The van der Waals surface area contributed by atoms with Crippen LogP contribution in [0.25, 0.3) is 0 Å². The van der Waals surface area contributed by atoms with E-state index < -0.39 is 6.04 Å². The van der Waals surface area contributed by atoms with Crippen LogP contribution >= 0.6 is 11.6 Å². The number of hydrogen-bond donors (Lipinski definition) is 1. The molecule has 0 radical (unpaired) electrons. The van der Waals surface area contributed by atoms with Gasteiger partial charge in [0.1, 0.15) is 17.5 Å². The molecule has 7 heteroatoms. The number of aryl methyl sites for hydroxylation is 2. The van der Waals surface area contributed by atoms with E-state index in [0.29, 0.717) is 17.3 Å². The summed E-state index contributed by atoms with van der Waals surface area (Å²) in [5, 5.41) is 3.79. The Morgan fingerprint density at radius 3 is 2.27 bits per heavy atom. The van der Waals surface area contributed by atoms with Gasteiger partial charge in [0.25, 0.3) is 5.91 Å². The van der Waals surface area contributed by atoms with Gasteiger partial charge in [0.15, 0.2) is 6.61 Å². The van der Waals surface area contributed by atoms with Crippen molar-refractivity contribution in [3.05, 3.63) is 58.1 Å². The molecule has 2 aromatic carbocycles. The molecule has 2 amide bonds. The molecule has 0 heterocycles. The number of ether oxygens (including phenoxy) is 2. The SMILES string of the molecule is COc1ccc(CN(C(=O)COc2cc(C)c(Cl)c(C)c2)[C@H](C)C(=O)NC2CCCC2)cc1. The maximum atomic E-state index is 13.2. The van der Waals surface area contributed by atoms with Gasteiger partial charge >= 0.3 is 0 Å². The maximum absolute atomic E-state index is 13.2. The molecule has 1 N–H and O–H groups in total. The lowest BCUT2D eigenvalue weighted by Gasteiger charge is -2.29. The predicted octanol–water partition coefficient (Wildman–Crippen LogP) is 4.82. The van der Waals surface area contributed by atoms with Gasteiger partial charge in [-0.3, -0.25) is 9.59 Å². The summed E-state index contributed by atoms with van der Waals surface area (Å²) < 4.78 is 11.0. The topological polar surface area (TPSA) is 67.9 Å². The van der Waals surface area contributed by atoms with Gasteiger partial charge in [-0.1, -0.05) is 36.6 Å². The van der Waals surface area contributed by atoms with Crippen molar-refractivity contribution < 1.29 is 19.1 Å². The molecule has 0 bridgehead atoms. The number of benzene rings is 2. The van der Waals surface area contributed by atoms with E-state index in [1.807, 2.05) is 50.2 Å². The van der Waals surface area contributed by atoms with Crippen LogP contribution in [0.3, 0.4) is 0 Å². The number of carbonyl (C=O) groups excluding carboxylic acids is 2. The number of carbonyl (C=O) groups is 2. The highest BCUT2D eigenvalue weighted by Crippen LogP contribution is 2.26. The van der Waals surface area contributed by atoms with Gasteiger partial charge in [-0.25, -0.2) is 0 Å².